The minimum atomic E-state index is 0.141. The lowest BCUT2D eigenvalue weighted by Gasteiger charge is -2.28. The zero-order chi connectivity index (χ0) is 20.7. The van der Waals surface area contributed by atoms with Gasteiger partial charge in [-0.15, -0.1) is 0 Å². The molecule has 3 rings (SSSR count). The normalized spacial score (nSPS) is 19.7. The number of rotatable bonds is 5. The van der Waals surface area contributed by atoms with Gasteiger partial charge in [0.15, 0.2) is 5.78 Å². The quantitative estimate of drug-likeness (QED) is 0.530. The Morgan fingerprint density at radius 3 is 2.04 bits per heavy atom. The summed E-state index contributed by atoms with van der Waals surface area (Å²) in [5.41, 5.74) is 4.73. The lowest BCUT2D eigenvalue weighted by atomic mass is 9.96. The standard InChI is InChI=1S/C18H27NO.C8H10/c1-5-13(2)10-18-11-14(3)12-19(18)17-8-6-16(7-9-17)15(4)20;1-7-3-5-8(2)6-4-7/h6-9,13-14,18H,5,10-12H2,1-4H3;3-6H,1-2H3/t13-,14?,18?;/m1./s1. The number of aryl methyl sites for hydroxylation is 2. The van der Waals surface area contributed by atoms with Crippen molar-refractivity contribution >= 4 is 11.5 Å². The SMILES string of the molecule is CC[C@@H](C)CC1CC(C)CN1c1ccc(C(C)=O)cc1.Cc1ccc(C)cc1. The lowest BCUT2D eigenvalue weighted by Crippen LogP contribution is -2.30. The van der Waals surface area contributed by atoms with E-state index < -0.39 is 0 Å². The number of nitrogens with zero attached hydrogens (tertiary/aromatic N) is 1. The van der Waals surface area contributed by atoms with Crippen molar-refractivity contribution in [1.29, 1.82) is 0 Å². The topological polar surface area (TPSA) is 20.3 Å². The van der Waals surface area contributed by atoms with Crippen LogP contribution >= 0.6 is 0 Å². The van der Waals surface area contributed by atoms with E-state index in [0.717, 1.165) is 23.9 Å². The molecule has 0 bridgehead atoms. The Morgan fingerprint density at radius 2 is 1.57 bits per heavy atom. The summed E-state index contributed by atoms with van der Waals surface area (Å²) in [5.74, 6) is 1.68. The molecule has 1 fully saturated rings. The number of benzene rings is 2. The van der Waals surface area contributed by atoms with Gasteiger partial charge in [-0.1, -0.05) is 62.6 Å². The van der Waals surface area contributed by atoms with Crippen molar-refractivity contribution in [3.05, 3.63) is 65.2 Å². The van der Waals surface area contributed by atoms with Crippen molar-refractivity contribution in [2.75, 3.05) is 11.4 Å². The number of carbonyl (C=O) groups is 1. The Hall–Kier alpha value is -2.09. The molecule has 0 spiro atoms. The summed E-state index contributed by atoms with van der Waals surface area (Å²) in [7, 11) is 0. The van der Waals surface area contributed by atoms with Crippen LogP contribution in [0.25, 0.3) is 0 Å². The summed E-state index contributed by atoms with van der Waals surface area (Å²) in [6.07, 6.45) is 3.82. The van der Waals surface area contributed by atoms with E-state index in [1.165, 1.54) is 36.1 Å². The Labute approximate surface area is 172 Å². The smallest absolute Gasteiger partial charge is 0.159 e. The molecule has 0 N–H and O–H groups in total. The molecule has 1 heterocycles. The summed E-state index contributed by atoms with van der Waals surface area (Å²) in [4.78, 5) is 13.9. The highest BCUT2D eigenvalue weighted by Crippen LogP contribution is 2.33. The minimum Gasteiger partial charge on any atom is -0.368 e. The summed E-state index contributed by atoms with van der Waals surface area (Å²) in [5, 5.41) is 0. The van der Waals surface area contributed by atoms with Crippen molar-refractivity contribution < 1.29 is 4.79 Å². The number of ketones is 1. The van der Waals surface area contributed by atoms with Crippen LogP contribution in [0.4, 0.5) is 5.69 Å². The van der Waals surface area contributed by atoms with Gasteiger partial charge < -0.3 is 4.90 Å². The molecule has 28 heavy (non-hydrogen) atoms. The summed E-state index contributed by atoms with van der Waals surface area (Å²) < 4.78 is 0. The molecule has 0 aromatic heterocycles. The van der Waals surface area contributed by atoms with Crippen LogP contribution in [0, 0.1) is 25.7 Å². The fourth-order valence-electron chi connectivity index (χ4n) is 3.85. The third-order valence-electron chi connectivity index (χ3n) is 5.82. The Morgan fingerprint density at radius 1 is 1.04 bits per heavy atom. The monoisotopic (exact) mass is 379 g/mol. The van der Waals surface area contributed by atoms with Gasteiger partial charge in [-0.3, -0.25) is 4.79 Å². The molecule has 2 unspecified atom stereocenters. The maximum absolute atomic E-state index is 11.4. The van der Waals surface area contributed by atoms with Gasteiger partial charge in [0.05, 0.1) is 0 Å². The highest BCUT2D eigenvalue weighted by atomic mass is 16.1. The largest absolute Gasteiger partial charge is 0.368 e. The van der Waals surface area contributed by atoms with Crippen molar-refractivity contribution in [2.45, 2.75) is 66.8 Å². The molecule has 1 aliphatic rings. The third kappa shape index (κ3) is 6.51. The van der Waals surface area contributed by atoms with Crippen LogP contribution in [0.15, 0.2) is 48.5 Å². The number of carbonyl (C=O) groups excluding carboxylic acids is 1. The molecule has 2 aromatic carbocycles. The molecule has 0 aliphatic carbocycles. The average molecular weight is 380 g/mol. The first-order chi connectivity index (χ1) is 13.3. The zero-order valence-corrected chi connectivity index (χ0v) is 18.5. The fourth-order valence-corrected chi connectivity index (χ4v) is 3.85. The first-order valence-electron chi connectivity index (χ1n) is 10.7. The molecule has 3 atom stereocenters. The summed E-state index contributed by atoms with van der Waals surface area (Å²) in [6.45, 7) is 13.9. The van der Waals surface area contributed by atoms with E-state index in [1.54, 1.807) is 6.92 Å². The second-order valence-electron chi connectivity index (χ2n) is 8.65. The molecule has 0 amide bonds. The Bertz CT molecular complexity index is 711. The van der Waals surface area contributed by atoms with Gasteiger partial charge in [0.25, 0.3) is 0 Å². The van der Waals surface area contributed by atoms with Gasteiger partial charge in [0.2, 0.25) is 0 Å². The van der Waals surface area contributed by atoms with Gasteiger partial charge in [-0.25, -0.2) is 0 Å². The third-order valence-corrected chi connectivity index (χ3v) is 5.82. The van der Waals surface area contributed by atoms with Gasteiger partial charge in [0.1, 0.15) is 0 Å². The van der Waals surface area contributed by atoms with Gasteiger partial charge in [0, 0.05) is 23.8 Å². The number of hydrogen-bond donors (Lipinski definition) is 0. The van der Waals surface area contributed by atoms with Crippen LogP contribution in [0.2, 0.25) is 0 Å². The molecule has 1 saturated heterocycles. The van der Waals surface area contributed by atoms with E-state index in [-0.39, 0.29) is 5.78 Å². The highest BCUT2D eigenvalue weighted by molar-refractivity contribution is 5.94. The van der Waals surface area contributed by atoms with Crippen molar-refractivity contribution in [3.8, 4) is 0 Å². The lowest BCUT2D eigenvalue weighted by molar-refractivity contribution is 0.101. The van der Waals surface area contributed by atoms with Crippen LogP contribution in [-0.4, -0.2) is 18.4 Å². The number of hydrogen-bond acceptors (Lipinski definition) is 2. The summed E-state index contributed by atoms with van der Waals surface area (Å²) in [6, 6.07) is 17.3. The van der Waals surface area contributed by atoms with Gasteiger partial charge >= 0.3 is 0 Å². The van der Waals surface area contributed by atoms with Gasteiger partial charge in [-0.2, -0.15) is 0 Å². The first-order valence-corrected chi connectivity index (χ1v) is 10.7. The second-order valence-corrected chi connectivity index (χ2v) is 8.65. The fraction of sp³-hybridized carbons (Fsp3) is 0.500. The molecule has 2 aromatic rings. The zero-order valence-electron chi connectivity index (χ0n) is 18.5. The van der Waals surface area contributed by atoms with Crippen LogP contribution < -0.4 is 4.90 Å². The second kappa shape index (κ2) is 10.5. The molecule has 1 aliphatic heterocycles. The molecular weight excluding hydrogens is 342 g/mol. The van der Waals surface area contributed by atoms with E-state index in [0.29, 0.717) is 6.04 Å². The van der Waals surface area contributed by atoms with Crippen LogP contribution in [0.3, 0.4) is 0 Å². The van der Waals surface area contributed by atoms with Crippen molar-refractivity contribution in [2.24, 2.45) is 11.8 Å². The minimum absolute atomic E-state index is 0.141. The molecule has 2 nitrogen and oxygen atoms in total. The van der Waals surface area contributed by atoms with Crippen LogP contribution in [0.1, 0.15) is 68.4 Å². The molecule has 2 heteroatoms. The Kier molecular flexibility index (Phi) is 8.29. The van der Waals surface area contributed by atoms with E-state index in [1.807, 2.05) is 12.1 Å². The highest BCUT2D eigenvalue weighted by Gasteiger charge is 2.30. The van der Waals surface area contributed by atoms with E-state index in [9.17, 15) is 4.79 Å². The predicted molar refractivity (Wildman–Crippen MR) is 121 cm³/mol. The molecule has 0 saturated carbocycles. The van der Waals surface area contributed by atoms with E-state index in [2.05, 4.69) is 75.9 Å². The van der Waals surface area contributed by atoms with Crippen molar-refractivity contribution in [3.63, 3.8) is 0 Å². The predicted octanol–water partition coefficient (Wildman–Crippen LogP) is 6.84. The molecule has 0 radical (unpaired) electrons. The van der Waals surface area contributed by atoms with Crippen LogP contribution in [0.5, 0.6) is 0 Å². The van der Waals surface area contributed by atoms with E-state index in [4.69, 9.17) is 0 Å². The molecular formula is C26H37NO. The molecule has 152 valence electrons. The number of Topliss-reactive ketones (excluding diaryl/α,β-unsaturated/α-hetero) is 1. The van der Waals surface area contributed by atoms with Gasteiger partial charge in [-0.05, 0) is 69.7 Å². The maximum atomic E-state index is 11.4. The maximum Gasteiger partial charge on any atom is 0.159 e. The van der Waals surface area contributed by atoms with Crippen molar-refractivity contribution in [1.82, 2.24) is 0 Å². The summed E-state index contributed by atoms with van der Waals surface area (Å²) >= 11 is 0. The van der Waals surface area contributed by atoms with E-state index >= 15 is 0 Å². The Balaban J connectivity index is 0.000000292. The van der Waals surface area contributed by atoms with Crippen LogP contribution in [-0.2, 0) is 0 Å². The number of anilines is 1. The first kappa shape index (κ1) is 22.2. The average Bonchev–Trinajstić information content (AvgIpc) is 3.04.